The van der Waals surface area contributed by atoms with Crippen molar-refractivity contribution < 1.29 is 24.3 Å². The fraction of sp³-hybridized carbons (Fsp3) is 0.292. The lowest BCUT2D eigenvalue weighted by Crippen LogP contribution is -2.52. The topological polar surface area (TPSA) is 117 Å². The summed E-state index contributed by atoms with van der Waals surface area (Å²) in [7, 11) is 0. The van der Waals surface area contributed by atoms with E-state index in [2.05, 4.69) is 10.6 Å². The highest BCUT2D eigenvalue weighted by Gasteiger charge is 2.23. The third-order valence-corrected chi connectivity index (χ3v) is 4.02. The molecule has 0 bridgehead atoms. The van der Waals surface area contributed by atoms with Crippen LogP contribution in [-0.2, 0) is 9.53 Å². The van der Waals surface area contributed by atoms with E-state index >= 15 is 0 Å². The van der Waals surface area contributed by atoms with E-state index in [9.17, 15) is 14.4 Å². The fourth-order valence-corrected chi connectivity index (χ4v) is 2.53. The molecule has 172 valence electrons. The number of hydroxylamine groups is 1. The third-order valence-electron chi connectivity index (χ3n) is 4.02. The van der Waals surface area contributed by atoms with Crippen molar-refractivity contribution in [2.45, 2.75) is 39.8 Å². The highest BCUT2D eigenvalue weighted by molar-refractivity contribution is 5.97. The summed E-state index contributed by atoms with van der Waals surface area (Å²) in [5.74, 6) is -1.40. The number of hydrogen-bond acceptors (Lipinski definition) is 5. The Hall–Kier alpha value is -3.65. The molecule has 0 aliphatic heterocycles. The Morgan fingerprint density at radius 3 is 2.06 bits per heavy atom. The minimum atomic E-state index is -1.19. The molecule has 32 heavy (non-hydrogen) atoms. The molecule has 2 aromatic rings. The molecule has 0 heterocycles. The molecule has 1 atom stereocenters. The van der Waals surface area contributed by atoms with Gasteiger partial charge in [0.2, 0.25) is 0 Å². The second-order valence-corrected chi connectivity index (χ2v) is 7.75. The SMILES string of the molecule is C.CC(C)(C)OC(=O)NC[C@H](NC(=O)c1ccc(/C=C/c2ccccc2)cc1)C(=O)NO. The quantitative estimate of drug-likeness (QED) is 0.297. The van der Waals surface area contributed by atoms with Gasteiger partial charge in [-0.1, -0.05) is 62.0 Å². The van der Waals surface area contributed by atoms with Gasteiger partial charge in [-0.15, -0.1) is 0 Å². The molecule has 2 rings (SSSR count). The van der Waals surface area contributed by atoms with E-state index in [-0.39, 0.29) is 14.0 Å². The lowest BCUT2D eigenvalue weighted by Gasteiger charge is -2.21. The first kappa shape index (κ1) is 26.4. The minimum Gasteiger partial charge on any atom is -0.444 e. The van der Waals surface area contributed by atoms with Gasteiger partial charge >= 0.3 is 6.09 Å². The number of nitrogens with one attached hydrogen (secondary N) is 3. The van der Waals surface area contributed by atoms with Crippen molar-refractivity contribution in [2.24, 2.45) is 0 Å². The van der Waals surface area contributed by atoms with Crippen molar-refractivity contribution >= 4 is 30.1 Å². The van der Waals surface area contributed by atoms with E-state index in [1.165, 1.54) is 5.48 Å². The molecule has 2 aromatic carbocycles. The molecule has 3 amide bonds. The highest BCUT2D eigenvalue weighted by atomic mass is 16.6. The van der Waals surface area contributed by atoms with Crippen LogP contribution in [0.2, 0.25) is 0 Å². The van der Waals surface area contributed by atoms with Crippen LogP contribution >= 0.6 is 0 Å². The van der Waals surface area contributed by atoms with Crippen LogP contribution in [0.1, 0.15) is 49.7 Å². The zero-order valence-corrected chi connectivity index (χ0v) is 17.7. The molecule has 0 aliphatic rings. The van der Waals surface area contributed by atoms with Crippen molar-refractivity contribution in [1.29, 1.82) is 0 Å². The van der Waals surface area contributed by atoms with Crippen LogP contribution in [0.5, 0.6) is 0 Å². The summed E-state index contributed by atoms with van der Waals surface area (Å²) < 4.78 is 5.10. The fourth-order valence-electron chi connectivity index (χ4n) is 2.53. The van der Waals surface area contributed by atoms with Crippen LogP contribution in [-0.4, -0.2) is 41.3 Å². The number of carbonyl (C=O) groups is 3. The Kier molecular flexibility index (Phi) is 10.1. The van der Waals surface area contributed by atoms with Gasteiger partial charge in [0.25, 0.3) is 11.8 Å². The molecule has 4 N–H and O–H groups in total. The summed E-state index contributed by atoms with van der Waals surface area (Å²) >= 11 is 0. The number of rotatable bonds is 7. The lowest BCUT2D eigenvalue weighted by molar-refractivity contribution is -0.131. The molecule has 8 nitrogen and oxygen atoms in total. The number of alkyl carbamates (subject to hydrolysis) is 1. The normalized spacial score (nSPS) is 11.8. The van der Waals surface area contributed by atoms with Gasteiger partial charge in [0.05, 0.1) is 6.54 Å². The summed E-state index contributed by atoms with van der Waals surface area (Å²) in [4.78, 5) is 36.2. The van der Waals surface area contributed by atoms with Gasteiger partial charge in [-0.3, -0.25) is 14.8 Å². The number of carbonyl (C=O) groups excluding carboxylic acids is 3. The Bertz CT molecular complexity index is 919. The monoisotopic (exact) mass is 441 g/mol. The summed E-state index contributed by atoms with van der Waals surface area (Å²) in [5.41, 5.74) is 3.05. The van der Waals surface area contributed by atoms with Gasteiger partial charge in [-0.2, -0.15) is 0 Å². The Morgan fingerprint density at radius 1 is 0.969 bits per heavy atom. The van der Waals surface area contributed by atoms with E-state index < -0.39 is 29.6 Å². The third kappa shape index (κ3) is 9.01. The molecule has 0 aromatic heterocycles. The summed E-state index contributed by atoms with van der Waals surface area (Å²) in [6, 6.07) is 15.4. The van der Waals surface area contributed by atoms with Crippen LogP contribution < -0.4 is 16.1 Å². The smallest absolute Gasteiger partial charge is 0.407 e. The van der Waals surface area contributed by atoms with Crippen LogP contribution in [0.15, 0.2) is 54.6 Å². The van der Waals surface area contributed by atoms with Crippen molar-refractivity contribution in [1.82, 2.24) is 16.1 Å². The van der Waals surface area contributed by atoms with Crippen molar-refractivity contribution in [2.75, 3.05) is 6.54 Å². The Labute approximate surface area is 188 Å². The zero-order valence-electron chi connectivity index (χ0n) is 17.7. The second-order valence-electron chi connectivity index (χ2n) is 7.75. The van der Waals surface area contributed by atoms with Gasteiger partial charge in [-0.25, -0.2) is 10.3 Å². The minimum absolute atomic E-state index is 0. The highest BCUT2D eigenvalue weighted by Crippen LogP contribution is 2.10. The standard InChI is InChI=1S/C23H27N3O5.CH4/c1-23(2,3)31-22(29)24-15-19(21(28)26-30)25-20(27)18-13-11-17(12-14-18)10-9-16-7-5-4-6-8-16;/h4-14,19,30H,15H2,1-3H3,(H,24,29)(H,25,27)(H,26,28);1H4/b10-9+;/t19-;/m0./s1. The number of hydrogen-bond donors (Lipinski definition) is 4. The predicted molar refractivity (Wildman–Crippen MR) is 124 cm³/mol. The summed E-state index contributed by atoms with van der Waals surface area (Å²) in [5, 5.41) is 13.8. The maximum Gasteiger partial charge on any atom is 0.407 e. The average molecular weight is 442 g/mol. The van der Waals surface area contributed by atoms with Crippen LogP contribution in [0.25, 0.3) is 12.2 Å². The van der Waals surface area contributed by atoms with Gasteiger partial charge in [0.15, 0.2) is 0 Å². The second kappa shape index (κ2) is 12.3. The van der Waals surface area contributed by atoms with Gasteiger partial charge < -0.3 is 15.4 Å². The molecule has 0 fully saturated rings. The molecular weight excluding hydrogens is 410 g/mol. The van der Waals surface area contributed by atoms with E-state index in [0.29, 0.717) is 5.56 Å². The molecule has 0 radical (unpaired) electrons. The van der Waals surface area contributed by atoms with Crippen LogP contribution in [0.3, 0.4) is 0 Å². The van der Waals surface area contributed by atoms with Gasteiger partial charge in [0, 0.05) is 5.56 Å². The largest absolute Gasteiger partial charge is 0.444 e. The van der Waals surface area contributed by atoms with E-state index in [0.717, 1.165) is 11.1 Å². The summed E-state index contributed by atoms with van der Waals surface area (Å²) in [6.07, 6.45) is 3.13. The maximum atomic E-state index is 12.5. The molecule has 8 heteroatoms. The summed E-state index contributed by atoms with van der Waals surface area (Å²) in [6.45, 7) is 4.84. The average Bonchev–Trinajstić information content (AvgIpc) is 2.74. The number of benzene rings is 2. The van der Waals surface area contributed by atoms with Gasteiger partial charge in [-0.05, 0) is 44.0 Å². The predicted octanol–water partition coefficient (Wildman–Crippen LogP) is 3.62. The molecule has 0 saturated heterocycles. The maximum absolute atomic E-state index is 12.5. The van der Waals surface area contributed by atoms with E-state index in [1.54, 1.807) is 45.0 Å². The number of amides is 3. The molecule has 0 aliphatic carbocycles. The van der Waals surface area contributed by atoms with Crippen molar-refractivity contribution in [3.05, 3.63) is 71.3 Å². The van der Waals surface area contributed by atoms with Gasteiger partial charge in [0.1, 0.15) is 11.6 Å². The van der Waals surface area contributed by atoms with E-state index in [4.69, 9.17) is 9.94 Å². The lowest BCUT2D eigenvalue weighted by atomic mass is 10.1. The van der Waals surface area contributed by atoms with Crippen molar-refractivity contribution in [3.8, 4) is 0 Å². The first-order valence-corrected chi connectivity index (χ1v) is 9.73. The van der Waals surface area contributed by atoms with Crippen LogP contribution in [0.4, 0.5) is 4.79 Å². The molecule has 0 spiro atoms. The first-order valence-electron chi connectivity index (χ1n) is 9.73. The molecular formula is C24H31N3O5. The Balaban J connectivity index is 0.00000512. The van der Waals surface area contributed by atoms with Crippen LogP contribution in [0, 0.1) is 0 Å². The zero-order chi connectivity index (χ0) is 22.9. The molecule has 0 saturated carbocycles. The van der Waals surface area contributed by atoms with E-state index in [1.807, 2.05) is 42.5 Å². The first-order chi connectivity index (χ1) is 14.7. The number of ether oxygens (including phenoxy) is 1. The van der Waals surface area contributed by atoms with Crippen molar-refractivity contribution in [3.63, 3.8) is 0 Å². The molecule has 0 unspecified atom stereocenters. The Morgan fingerprint density at radius 2 is 1.53 bits per heavy atom.